The Bertz CT molecular complexity index is 4610. The van der Waals surface area contributed by atoms with Gasteiger partial charge in [0.25, 0.3) is 5.60 Å². The maximum Gasteiger partial charge on any atom is 0.426 e. The fourth-order valence-corrected chi connectivity index (χ4v) is 11.5. The van der Waals surface area contributed by atoms with Gasteiger partial charge in [-0.3, -0.25) is 4.79 Å². The molecule has 0 heterocycles. The summed E-state index contributed by atoms with van der Waals surface area (Å²) in [5, 5.41) is 54.4. The predicted molar refractivity (Wildman–Crippen MR) is 495 cm³/mol. The summed E-state index contributed by atoms with van der Waals surface area (Å²) in [5.74, 6) is -6.35. The number of aliphatic hydroxyl groups excluding tert-OH is 1. The molecule has 7 unspecified atom stereocenters. The molecule has 3 aromatic carbocycles. The summed E-state index contributed by atoms with van der Waals surface area (Å²) in [5.41, 5.74) is -11.1. The lowest BCUT2D eigenvalue weighted by atomic mass is 9.90. The normalized spacial score (nSPS) is 15.3. The number of alkyl halides is 17. The number of benzene rings is 3. The van der Waals surface area contributed by atoms with Crippen molar-refractivity contribution in [3.63, 3.8) is 0 Å². The molecule has 3 aromatic rings. The monoisotopic (exact) mass is 2060 g/mol. The maximum atomic E-state index is 13.2. The molecule has 0 aromatic heterocycles. The third-order valence-electron chi connectivity index (χ3n) is 18.9. The molecule has 2 aliphatic carbocycles. The minimum Gasteiger partial charge on any atom is -0.508 e. The Morgan fingerprint density at radius 1 is 0.457 bits per heavy atom. The summed E-state index contributed by atoms with van der Waals surface area (Å²) in [6, 6.07) is 20.6. The van der Waals surface area contributed by atoms with E-state index >= 15 is 0 Å². The van der Waals surface area contributed by atoms with Gasteiger partial charge in [-0.25, -0.2) is 46.7 Å². The number of sulfonamides is 1. The van der Waals surface area contributed by atoms with Crippen molar-refractivity contribution in [3.05, 3.63) is 182 Å². The van der Waals surface area contributed by atoms with Crippen molar-refractivity contribution in [2.75, 3.05) is 27.1 Å². The Morgan fingerprint density at radius 2 is 0.829 bits per heavy atom. The molecule has 2 fully saturated rings. The number of phenols is 1. The van der Waals surface area contributed by atoms with Gasteiger partial charge in [0.1, 0.15) is 48.8 Å². The van der Waals surface area contributed by atoms with Gasteiger partial charge in [-0.1, -0.05) is 156 Å². The summed E-state index contributed by atoms with van der Waals surface area (Å²) in [6.45, 7) is 57.6. The van der Waals surface area contributed by atoms with E-state index in [9.17, 15) is 127 Å². The van der Waals surface area contributed by atoms with Crippen molar-refractivity contribution in [1.29, 1.82) is 0 Å². The molecule has 0 amide bonds. The van der Waals surface area contributed by atoms with Crippen LogP contribution in [0.15, 0.2) is 176 Å². The largest absolute Gasteiger partial charge is 0.508 e. The summed E-state index contributed by atoms with van der Waals surface area (Å²) >= 11 is 0. The lowest BCUT2D eigenvalue weighted by molar-refractivity contribution is -0.374. The zero-order valence-electron chi connectivity index (χ0n) is 83.5. The number of hydrogen-bond acceptors (Lipinski definition) is 24. The number of allylic oxidation sites excluding steroid dienone is 1. The van der Waals surface area contributed by atoms with Crippen LogP contribution in [0.4, 0.5) is 74.6 Å². The number of ether oxygens (including phenoxy) is 8. The molecule has 2 aliphatic rings. The molecule has 2 saturated carbocycles. The average molecular weight is 2060 g/mol. The van der Waals surface area contributed by atoms with Crippen LogP contribution in [0.5, 0.6) is 11.5 Å². The van der Waals surface area contributed by atoms with Crippen LogP contribution in [0.2, 0.25) is 0 Å². The summed E-state index contributed by atoms with van der Waals surface area (Å²) in [6.07, 6.45) is -26.3. The van der Waals surface area contributed by atoms with Crippen LogP contribution in [0.3, 0.4) is 0 Å². The van der Waals surface area contributed by atoms with Crippen LogP contribution in [-0.2, 0) is 88.1 Å². The van der Waals surface area contributed by atoms with Gasteiger partial charge in [-0.05, 0) is 199 Å². The van der Waals surface area contributed by atoms with Crippen LogP contribution in [0, 0.1) is 17.8 Å². The molecular weight excluding hydrogens is 1920 g/mol. The van der Waals surface area contributed by atoms with Gasteiger partial charge in [0, 0.05) is 72.3 Å². The predicted octanol–water partition coefficient (Wildman–Crippen LogP) is 21.7. The van der Waals surface area contributed by atoms with E-state index in [4.69, 9.17) is 44.5 Å². The summed E-state index contributed by atoms with van der Waals surface area (Å²) in [7, 11) is -0.983. The Morgan fingerprint density at radius 3 is 1.14 bits per heavy atom. The smallest absolute Gasteiger partial charge is 0.426 e. The third-order valence-corrected chi connectivity index (χ3v) is 19.8. The highest BCUT2D eigenvalue weighted by Crippen LogP contribution is 2.48. The molecule has 7 atom stereocenters. The number of aromatic hydroxyl groups is 1. The topological polar surface area (TPSA) is 378 Å². The number of carbonyl (C=O) groups is 8. The van der Waals surface area contributed by atoms with Crippen LogP contribution >= 0.6 is 0 Å². The van der Waals surface area contributed by atoms with E-state index < -0.39 is 154 Å². The van der Waals surface area contributed by atoms with E-state index in [1.54, 1.807) is 91.0 Å². The molecule has 2 bridgehead atoms. The second-order valence-electron chi connectivity index (χ2n) is 34.4. The first kappa shape index (κ1) is 140. The number of phenolic OH excluding ortho intramolecular Hbond substituents is 1. The van der Waals surface area contributed by atoms with E-state index in [1.165, 1.54) is 93.6 Å². The van der Waals surface area contributed by atoms with E-state index in [0.717, 1.165) is 43.7 Å². The van der Waals surface area contributed by atoms with E-state index in [0.29, 0.717) is 36.5 Å². The summed E-state index contributed by atoms with van der Waals surface area (Å²) < 4.78 is 274. The maximum absolute atomic E-state index is 13.2. The Labute approximate surface area is 809 Å². The molecule has 0 saturated heterocycles. The second-order valence-corrected chi connectivity index (χ2v) is 36.1. The standard InChI is InChI=1S/C15H14O2.C13H18F6O3.C11H17F3O3.C11H12O2.C10H15F3O3.C10H14F2O3.C9H17NO4S.C7H12.C5H9F3O.C5H8O2.CH4O/c1-11(2)15(16)17-10-12-7-8-13-5-3-4-6-14(13)9-12;1-7(2)5-9(22-10(20)8(3)4)6-11(21,12(14,15)16)13(17,18)19;1-5-8(17-9(15)7(2)3)6-10(4,16)11(12,13)14;1-8(2)9(3)13-11-6-4-10(12)5-7-11;1-6(2)8(14)16-7(3)5-9(4,15)10(11,12)13;1-5-8(10(11,12)7(4)13)15-9(14)6(2)3;1-7(2)8(11)14-6-9(3,4)10-15(5,12)13;1-2-7-4-3-6(1)5-7;1-3-4(2,9)5(6,7)8;1-4(2)5(6)7-3;1-2/h3-9H,1,10H2,2H3;7,9,21H,3,5-6H2,1-2,4H3;8,16H,2,5-6H2,1,3-4H3;4-7,12H,1,3H2,2H3;7,15H,1,5H2,2-4H3;8H,2,5H2,1,3-4H3;10H,1,6H2,2-5H3;6-7H,1-5H2;9H,3H2,1-2H3;1H2,2-3H3;2H,1H3. The number of aliphatic hydroxyl groups is 5. The summed E-state index contributed by atoms with van der Waals surface area (Å²) in [4.78, 5) is 87.7. The van der Waals surface area contributed by atoms with Gasteiger partial charge in [0.05, 0.1) is 18.9 Å². The van der Waals surface area contributed by atoms with Crippen LogP contribution in [0.1, 0.15) is 221 Å². The quantitative estimate of drug-likeness (QED) is 0.00743. The number of rotatable bonds is 33. The highest BCUT2D eigenvalue weighted by atomic mass is 32.2. The highest BCUT2D eigenvalue weighted by molar-refractivity contribution is 7.88. The van der Waals surface area contributed by atoms with E-state index in [1.807, 2.05) is 43.3 Å². The number of Topliss-reactive ketones (excluding diaryl/α,β-unsaturated/α-hetero) is 1. The first-order chi connectivity index (χ1) is 63.1. The lowest BCUT2D eigenvalue weighted by Crippen LogP contribution is -2.58. The Hall–Kier alpha value is -10.3. The highest BCUT2D eigenvalue weighted by Gasteiger charge is 2.71. The minimum atomic E-state index is -5.95. The first-order valence-electron chi connectivity index (χ1n) is 42.8. The molecule has 0 spiro atoms. The number of hydrogen-bond donors (Lipinski definition) is 7. The molecule has 802 valence electrons. The molecule has 25 nitrogen and oxygen atoms in total. The van der Waals surface area contributed by atoms with Crippen molar-refractivity contribution < 1.29 is 190 Å². The van der Waals surface area contributed by atoms with Gasteiger partial charge in [0.2, 0.25) is 15.8 Å². The van der Waals surface area contributed by atoms with Gasteiger partial charge >= 0.3 is 78.6 Å². The second kappa shape index (κ2) is 62.8. The fraction of sp³-hybridized carbons (Fsp3) is 0.567. The van der Waals surface area contributed by atoms with Crippen LogP contribution in [0.25, 0.3) is 10.8 Å². The number of ketones is 1. The number of nitrogens with one attached hydrogen (secondary N) is 1. The Kier molecular flexibility index (Phi) is 63.0. The number of fused-ring (bicyclic) bond motifs is 3. The van der Waals surface area contributed by atoms with E-state index in [-0.39, 0.29) is 90.4 Å². The van der Waals surface area contributed by atoms with Crippen LogP contribution in [-0.4, -0.2) is 203 Å². The minimum absolute atomic E-state index is 0.0211. The van der Waals surface area contributed by atoms with Gasteiger partial charge < -0.3 is 68.5 Å². The molecular formula is C97H140F17NO24S. The zero-order chi connectivity index (χ0) is 112. The number of methoxy groups -OCH3 is 1. The van der Waals surface area contributed by atoms with Crippen molar-refractivity contribution in [2.45, 2.75) is 311 Å². The molecule has 0 radical (unpaired) electrons. The van der Waals surface area contributed by atoms with Crippen molar-refractivity contribution in [2.24, 2.45) is 17.8 Å². The number of halogens is 17. The van der Waals surface area contributed by atoms with Crippen molar-refractivity contribution in [1.82, 2.24) is 4.72 Å². The van der Waals surface area contributed by atoms with Crippen LogP contribution < -0.4 is 9.46 Å². The van der Waals surface area contributed by atoms with Crippen molar-refractivity contribution in [3.8, 4) is 11.5 Å². The molecule has 0 aliphatic heterocycles. The van der Waals surface area contributed by atoms with Gasteiger partial charge in [0.15, 0.2) is 22.9 Å². The SMILES string of the molecule is C1CC2CCC1C2.C=C(C)C(=C)Oc1ccc(O)cc1.C=C(C)C(=O)OC.C=C(C)C(=O)OC(C)CC(C)(O)C(F)(F)F.C=C(C)C(=O)OC(CC(C)C)CC(O)(C(F)(F)F)C(F)(F)F.C=C(C)C(=O)OC(CC)C(F)(F)C(C)=O.C=C(C)C(=O)OC(CC)CC(C)(O)C(F)(F)F.C=C(C)C(=O)OCC(C)(C)NS(C)(=O)=O.C=C(C)C(=O)OCc1ccc2ccccc2c1.CCC(C)(O)C(F)(F)F.CO. The molecule has 140 heavy (non-hydrogen) atoms. The van der Waals surface area contributed by atoms with E-state index in [2.05, 4.69) is 88.9 Å². The zero-order valence-corrected chi connectivity index (χ0v) is 84.3. The first-order valence-corrected chi connectivity index (χ1v) is 44.7. The number of esters is 7. The lowest BCUT2D eigenvalue weighted by Gasteiger charge is -2.35. The molecule has 5 rings (SSSR count). The van der Waals surface area contributed by atoms with Crippen molar-refractivity contribution >= 4 is 68.4 Å². The fourth-order valence-electron chi connectivity index (χ4n) is 10.4. The Balaban J connectivity index is -0.000000360. The number of carbonyl (C=O) groups excluding carboxylic acids is 8. The average Bonchev–Trinajstić information content (AvgIpc) is 0.792. The van der Waals surface area contributed by atoms with Gasteiger partial charge in [-0.2, -0.15) is 74.6 Å². The van der Waals surface area contributed by atoms with Gasteiger partial charge in [-0.15, -0.1) is 0 Å². The third kappa shape index (κ3) is 58.2. The molecule has 7 N–H and O–H groups in total. The molecule has 43 heteroatoms.